The van der Waals surface area contributed by atoms with E-state index in [1.54, 1.807) is 6.92 Å². The fourth-order valence-electron chi connectivity index (χ4n) is 3.78. The van der Waals surface area contributed by atoms with Gasteiger partial charge in [0.2, 0.25) is 0 Å². The topological polar surface area (TPSA) is 97.6 Å². The third kappa shape index (κ3) is 2.81. The summed E-state index contributed by atoms with van der Waals surface area (Å²) in [6.07, 6.45) is 0. The first kappa shape index (κ1) is 18.4. The second-order valence-electron chi connectivity index (χ2n) is 6.70. The summed E-state index contributed by atoms with van der Waals surface area (Å²) < 4.78 is 0. The van der Waals surface area contributed by atoms with Crippen molar-refractivity contribution in [1.29, 1.82) is 0 Å². The van der Waals surface area contributed by atoms with Gasteiger partial charge in [0.1, 0.15) is 5.56 Å². The van der Waals surface area contributed by atoms with E-state index < -0.39 is 16.7 Å². The predicted octanol–water partition coefficient (Wildman–Crippen LogP) is 3.52. The Morgan fingerprint density at radius 2 is 1.78 bits per heavy atom. The third-order valence-corrected chi connectivity index (χ3v) is 4.97. The molecule has 0 saturated heterocycles. The molecule has 0 saturated carbocycles. The van der Waals surface area contributed by atoms with E-state index in [0.29, 0.717) is 16.7 Å². The van der Waals surface area contributed by atoms with Crippen LogP contribution in [0.2, 0.25) is 0 Å². The smallest absolute Gasteiger partial charge is 0.282 e. The van der Waals surface area contributed by atoms with Gasteiger partial charge in [0, 0.05) is 11.6 Å². The molecule has 0 fully saturated rings. The minimum Gasteiger partial charge on any atom is -0.294 e. The fraction of sp³-hybridized carbons (Fsp3) is 0.250. The first-order valence-corrected chi connectivity index (χ1v) is 8.39. The van der Waals surface area contributed by atoms with Gasteiger partial charge in [-0.3, -0.25) is 29.4 Å². The molecule has 27 heavy (non-hydrogen) atoms. The van der Waals surface area contributed by atoms with Crippen LogP contribution in [0.3, 0.4) is 0 Å². The maximum atomic E-state index is 12.8. The summed E-state index contributed by atoms with van der Waals surface area (Å²) in [4.78, 5) is 49.1. The van der Waals surface area contributed by atoms with Crippen LogP contribution in [0, 0.1) is 30.9 Å². The Kier molecular flexibility index (Phi) is 4.39. The molecule has 0 unspecified atom stereocenters. The Labute approximate surface area is 155 Å². The molecule has 2 amide bonds. The van der Waals surface area contributed by atoms with Crippen LogP contribution in [0.1, 0.15) is 60.3 Å². The molecule has 7 heteroatoms. The van der Waals surface area contributed by atoms with Crippen molar-refractivity contribution >= 4 is 23.3 Å². The summed E-state index contributed by atoms with van der Waals surface area (Å²) in [5.41, 5.74) is 3.13. The van der Waals surface area contributed by atoms with E-state index >= 15 is 0 Å². The van der Waals surface area contributed by atoms with Gasteiger partial charge in [-0.25, -0.2) is 0 Å². The highest BCUT2D eigenvalue weighted by molar-refractivity contribution is 6.23. The number of carbonyl (C=O) groups excluding carboxylic acids is 3. The number of aryl methyl sites for hydroxylation is 2. The SMILES string of the molecule is CC(=O)c1c(C)cc(C)c(CN2C(=O)c3cccc([N+](=O)[O-])c3C2=O)c1C. The number of benzene rings is 2. The molecule has 2 aromatic carbocycles. The van der Waals surface area contributed by atoms with Crippen molar-refractivity contribution in [2.45, 2.75) is 34.2 Å². The van der Waals surface area contributed by atoms with E-state index in [1.165, 1.54) is 25.1 Å². The lowest BCUT2D eigenvalue weighted by atomic mass is 9.91. The van der Waals surface area contributed by atoms with Gasteiger partial charge in [-0.15, -0.1) is 0 Å². The number of nitro benzene ring substituents is 1. The summed E-state index contributed by atoms with van der Waals surface area (Å²) >= 11 is 0. The quantitative estimate of drug-likeness (QED) is 0.357. The van der Waals surface area contributed by atoms with Crippen molar-refractivity contribution in [2.75, 3.05) is 0 Å². The molecule has 1 aliphatic heterocycles. The highest BCUT2D eigenvalue weighted by Gasteiger charge is 2.41. The molecule has 1 heterocycles. The van der Waals surface area contributed by atoms with E-state index in [1.807, 2.05) is 19.9 Å². The zero-order valence-corrected chi connectivity index (χ0v) is 15.5. The normalized spacial score (nSPS) is 13.1. The summed E-state index contributed by atoms with van der Waals surface area (Å²) in [7, 11) is 0. The Morgan fingerprint density at radius 1 is 1.11 bits per heavy atom. The second kappa shape index (κ2) is 6.42. The molecule has 138 valence electrons. The Morgan fingerprint density at radius 3 is 2.37 bits per heavy atom. The van der Waals surface area contributed by atoms with Crippen LogP contribution in [0.4, 0.5) is 5.69 Å². The summed E-state index contributed by atoms with van der Waals surface area (Å²) in [5, 5.41) is 11.2. The van der Waals surface area contributed by atoms with Crippen LogP contribution in [0.5, 0.6) is 0 Å². The molecule has 1 aliphatic rings. The molecular formula is C20H18N2O5. The predicted molar refractivity (Wildman–Crippen MR) is 98.0 cm³/mol. The van der Waals surface area contributed by atoms with E-state index in [0.717, 1.165) is 16.0 Å². The molecule has 0 atom stereocenters. The summed E-state index contributed by atoms with van der Waals surface area (Å²) in [6, 6.07) is 5.86. The molecule has 0 radical (unpaired) electrons. The van der Waals surface area contributed by atoms with Crippen molar-refractivity contribution < 1.29 is 19.3 Å². The first-order valence-electron chi connectivity index (χ1n) is 8.39. The highest BCUT2D eigenvalue weighted by Crippen LogP contribution is 2.33. The lowest BCUT2D eigenvalue weighted by Crippen LogP contribution is -2.30. The van der Waals surface area contributed by atoms with Crippen LogP contribution in [0.15, 0.2) is 24.3 Å². The largest absolute Gasteiger partial charge is 0.294 e. The first-order chi connectivity index (χ1) is 12.6. The number of hydrogen-bond donors (Lipinski definition) is 0. The van der Waals surface area contributed by atoms with Crippen LogP contribution in [-0.2, 0) is 6.54 Å². The van der Waals surface area contributed by atoms with Gasteiger partial charge in [0.05, 0.1) is 17.0 Å². The second-order valence-corrected chi connectivity index (χ2v) is 6.70. The highest BCUT2D eigenvalue weighted by atomic mass is 16.6. The summed E-state index contributed by atoms with van der Waals surface area (Å²) in [5.74, 6) is -1.35. The number of ketones is 1. The lowest BCUT2D eigenvalue weighted by Gasteiger charge is -2.20. The van der Waals surface area contributed by atoms with Crippen molar-refractivity contribution in [1.82, 2.24) is 4.90 Å². The number of imide groups is 1. The van der Waals surface area contributed by atoms with Crippen LogP contribution < -0.4 is 0 Å². The molecule has 0 N–H and O–H groups in total. The molecule has 0 spiro atoms. The number of carbonyl (C=O) groups is 3. The lowest BCUT2D eigenvalue weighted by molar-refractivity contribution is -0.385. The van der Waals surface area contributed by atoms with E-state index in [9.17, 15) is 24.5 Å². The Balaban J connectivity index is 2.09. The molecule has 0 bridgehead atoms. The van der Waals surface area contributed by atoms with Crippen LogP contribution in [-0.4, -0.2) is 27.4 Å². The van der Waals surface area contributed by atoms with E-state index in [2.05, 4.69) is 0 Å². The van der Waals surface area contributed by atoms with E-state index in [-0.39, 0.29) is 29.1 Å². The Hall–Kier alpha value is -3.35. The molecular weight excluding hydrogens is 348 g/mol. The van der Waals surface area contributed by atoms with Gasteiger partial charge >= 0.3 is 0 Å². The van der Waals surface area contributed by atoms with E-state index in [4.69, 9.17) is 0 Å². The average Bonchev–Trinajstić information content (AvgIpc) is 2.82. The molecule has 0 aliphatic carbocycles. The number of hydrogen-bond acceptors (Lipinski definition) is 5. The minimum absolute atomic E-state index is 0.0309. The number of nitrogens with zero attached hydrogens (tertiary/aromatic N) is 2. The van der Waals surface area contributed by atoms with Gasteiger partial charge in [-0.1, -0.05) is 12.1 Å². The number of nitro groups is 1. The fourth-order valence-corrected chi connectivity index (χ4v) is 3.78. The third-order valence-electron chi connectivity index (χ3n) is 4.97. The number of rotatable bonds is 4. The van der Waals surface area contributed by atoms with Crippen molar-refractivity contribution in [3.63, 3.8) is 0 Å². The zero-order chi connectivity index (χ0) is 20.0. The molecule has 0 aromatic heterocycles. The number of amides is 2. The standard InChI is InChI=1S/C20H18N2O5/c1-10-8-11(2)17(13(4)23)12(3)15(10)9-21-19(24)14-6-5-7-16(22(26)27)18(14)20(21)25/h5-8H,9H2,1-4H3. The van der Waals surface area contributed by atoms with Crippen molar-refractivity contribution in [3.8, 4) is 0 Å². The average molecular weight is 366 g/mol. The maximum Gasteiger partial charge on any atom is 0.282 e. The van der Waals surface area contributed by atoms with Gasteiger partial charge in [0.25, 0.3) is 17.5 Å². The van der Waals surface area contributed by atoms with Crippen molar-refractivity contribution in [2.24, 2.45) is 0 Å². The zero-order valence-electron chi connectivity index (χ0n) is 15.5. The molecule has 7 nitrogen and oxygen atoms in total. The molecule has 2 aromatic rings. The monoisotopic (exact) mass is 366 g/mol. The maximum absolute atomic E-state index is 12.8. The van der Waals surface area contributed by atoms with Crippen LogP contribution >= 0.6 is 0 Å². The van der Waals surface area contributed by atoms with Gasteiger partial charge < -0.3 is 0 Å². The van der Waals surface area contributed by atoms with Gasteiger partial charge in [0.15, 0.2) is 5.78 Å². The van der Waals surface area contributed by atoms with Gasteiger partial charge in [-0.05, 0) is 56.0 Å². The minimum atomic E-state index is -0.689. The van der Waals surface area contributed by atoms with Crippen LogP contribution in [0.25, 0.3) is 0 Å². The Bertz CT molecular complexity index is 1040. The summed E-state index contributed by atoms with van der Waals surface area (Å²) in [6.45, 7) is 6.90. The molecule has 3 rings (SSSR count). The number of fused-ring (bicyclic) bond motifs is 1. The van der Waals surface area contributed by atoms with Gasteiger partial charge in [-0.2, -0.15) is 0 Å². The number of Topliss-reactive ketones (excluding diaryl/α,β-unsaturated/α-hetero) is 1. The van der Waals surface area contributed by atoms with Crippen molar-refractivity contribution in [3.05, 3.63) is 73.3 Å².